The van der Waals surface area contributed by atoms with Crippen LogP contribution in [0.15, 0.2) is 60.0 Å². The van der Waals surface area contributed by atoms with Crippen molar-refractivity contribution in [2.75, 3.05) is 6.61 Å². The zero-order chi connectivity index (χ0) is 20.9. The van der Waals surface area contributed by atoms with Crippen LogP contribution in [0.4, 0.5) is 13.2 Å². The van der Waals surface area contributed by atoms with Gasteiger partial charge < -0.3 is 4.74 Å². The van der Waals surface area contributed by atoms with Crippen LogP contribution in [0.2, 0.25) is 0 Å². The highest BCUT2D eigenvalue weighted by Crippen LogP contribution is 2.37. The van der Waals surface area contributed by atoms with Crippen LogP contribution in [0, 0.1) is 0 Å². The van der Waals surface area contributed by atoms with Crippen molar-refractivity contribution in [3.63, 3.8) is 0 Å². The molecule has 1 aromatic carbocycles. The van der Waals surface area contributed by atoms with Crippen LogP contribution in [-0.2, 0) is 16.1 Å². The van der Waals surface area contributed by atoms with Gasteiger partial charge >= 0.3 is 12.1 Å². The zero-order valence-corrected chi connectivity index (χ0v) is 16.2. The van der Waals surface area contributed by atoms with E-state index in [1.807, 2.05) is 0 Å². The predicted octanol–water partition coefficient (Wildman–Crippen LogP) is 4.30. The third kappa shape index (κ3) is 5.35. The van der Waals surface area contributed by atoms with Crippen molar-refractivity contribution < 1.29 is 22.7 Å². The Labute approximate surface area is 169 Å². The maximum Gasteiger partial charge on any atom is 0.406 e. The number of pyridine rings is 1. The molecule has 2 heterocycles. The minimum atomic E-state index is -4.49. The first-order valence-corrected chi connectivity index (χ1v) is 9.55. The molecule has 0 bridgehead atoms. The minimum Gasteiger partial charge on any atom is -0.465 e. The first-order valence-electron chi connectivity index (χ1n) is 8.67. The Hall–Kier alpha value is -2.88. The molecule has 0 saturated heterocycles. The lowest BCUT2D eigenvalue weighted by molar-refractivity contribution is -0.142. The number of hydrogen-bond acceptors (Lipinski definition) is 6. The Morgan fingerprint density at radius 2 is 1.83 bits per heavy atom. The lowest BCUT2D eigenvalue weighted by atomic mass is 10.1. The van der Waals surface area contributed by atoms with Gasteiger partial charge in [0, 0.05) is 18.0 Å². The van der Waals surface area contributed by atoms with Crippen LogP contribution in [0.1, 0.15) is 17.7 Å². The molecular weight excluding hydrogens is 405 g/mol. The van der Waals surface area contributed by atoms with E-state index in [0.717, 1.165) is 16.3 Å². The van der Waals surface area contributed by atoms with Crippen molar-refractivity contribution in [2.45, 2.75) is 30.1 Å². The van der Waals surface area contributed by atoms with Crippen LogP contribution in [0.25, 0.3) is 11.4 Å². The Kier molecular flexibility index (Phi) is 6.53. The van der Waals surface area contributed by atoms with E-state index in [9.17, 15) is 18.0 Å². The standard InChI is InChI=1S/C19H17F3N4O2S/c1-2-28-17(27)15(13-6-4-3-5-7-13)29-18-25-24-16(14-8-10-23-11-9-14)26(18)12-19(20,21)22/h3-11,15H,2,12H2,1H3. The smallest absolute Gasteiger partial charge is 0.406 e. The maximum atomic E-state index is 13.2. The number of aromatic nitrogens is 4. The van der Waals surface area contributed by atoms with Crippen LogP contribution >= 0.6 is 11.8 Å². The second kappa shape index (κ2) is 9.08. The van der Waals surface area contributed by atoms with Crippen molar-refractivity contribution in [1.82, 2.24) is 19.7 Å². The summed E-state index contributed by atoms with van der Waals surface area (Å²) < 4.78 is 45.8. The molecule has 3 rings (SSSR count). The fourth-order valence-electron chi connectivity index (χ4n) is 2.62. The summed E-state index contributed by atoms with van der Waals surface area (Å²) >= 11 is 0.872. The molecule has 0 aliphatic rings. The van der Waals surface area contributed by atoms with E-state index < -0.39 is 23.9 Å². The van der Waals surface area contributed by atoms with Crippen molar-refractivity contribution in [2.24, 2.45) is 0 Å². The summed E-state index contributed by atoms with van der Waals surface area (Å²) in [6, 6.07) is 11.8. The summed E-state index contributed by atoms with van der Waals surface area (Å²) in [5.41, 5.74) is 1.04. The first kappa shape index (κ1) is 20.8. The first-order chi connectivity index (χ1) is 13.9. The second-order valence-corrected chi connectivity index (χ2v) is 6.98. The topological polar surface area (TPSA) is 69.9 Å². The van der Waals surface area contributed by atoms with E-state index >= 15 is 0 Å². The van der Waals surface area contributed by atoms with Gasteiger partial charge in [-0.1, -0.05) is 42.1 Å². The van der Waals surface area contributed by atoms with Crippen LogP contribution < -0.4 is 0 Å². The van der Waals surface area contributed by atoms with Gasteiger partial charge in [-0.25, -0.2) is 0 Å². The number of nitrogens with zero attached hydrogens (tertiary/aromatic N) is 4. The van der Waals surface area contributed by atoms with Gasteiger partial charge in [-0.15, -0.1) is 10.2 Å². The Morgan fingerprint density at radius 3 is 2.45 bits per heavy atom. The Morgan fingerprint density at radius 1 is 1.14 bits per heavy atom. The summed E-state index contributed by atoms with van der Waals surface area (Å²) in [6.07, 6.45) is -1.58. The molecule has 0 fully saturated rings. The van der Waals surface area contributed by atoms with Crippen LogP contribution in [-0.4, -0.2) is 38.5 Å². The monoisotopic (exact) mass is 422 g/mol. The molecule has 29 heavy (non-hydrogen) atoms. The minimum absolute atomic E-state index is 0.0314. The third-order valence-electron chi connectivity index (χ3n) is 3.82. The summed E-state index contributed by atoms with van der Waals surface area (Å²) in [5.74, 6) is -0.515. The highest BCUT2D eigenvalue weighted by Gasteiger charge is 2.33. The summed E-state index contributed by atoms with van der Waals surface area (Å²) in [4.78, 5) is 16.4. The molecule has 0 amide bonds. The summed E-state index contributed by atoms with van der Waals surface area (Å²) in [6.45, 7) is 0.531. The molecule has 0 N–H and O–H groups in total. The zero-order valence-electron chi connectivity index (χ0n) is 15.3. The van der Waals surface area contributed by atoms with Crippen molar-refractivity contribution in [3.8, 4) is 11.4 Å². The third-order valence-corrected chi connectivity index (χ3v) is 5.03. The van der Waals surface area contributed by atoms with Gasteiger partial charge in [0.2, 0.25) is 0 Å². The molecule has 0 aliphatic heterocycles. The molecule has 0 aliphatic carbocycles. The van der Waals surface area contributed by atoms with Gasteiger partial charge in [-0.3, -0.25) is 14.3 Å². The number of carbonyl (C=O) groups is 1. The number of thioether (sulfide) groups is 1. The van der Waals surface area contributed by atoms with E-state index in [-0.39, 0.29) is 17.6 Å². The summed E-state index contributed by atoms with van der Waals surface area (Å²) in [5, 5.41) is 6.96. The summed E-state index contributed by atoms with van der Waals surface area (Å²) in [7, 11) is 0. The SMILES string of the molecule is CCOC(=O)C(Sc1nnc(-c2ccncc2)n1CC(F)(F)F)c1ccccc1. The van der Waals surface area contributed by atoms with Gasteiger partial charge in [-0.2, -0.15) is 13.2 Å². The molecule has 152 valence electrons. The fraction of sp³-hybridized carbons (Fsp3) is 0.263. The predicted molar refractivity (Wildman–Crippen MR) is 101 cm³/mol. The molecule has 0 saturated carbocycles. The van der Waals surface area contributed by atoms with E-state index in [4.69, 9.17) is 4.74 Å². The number of halogens is 3. The van der Waals surface area contributed by atoms with Gasteiger partial charge in [0.1, 0.15) is 11.8 Å². The number of ether oxygens (including phenoxy) is 1. The lowest BCUT2D eigenvalue weighted by Gasteiger charge is -2.17. The number of esters is 1. The lowest BCUT2D eigenvalue weighted by Crippen LogP contribution is -2.20. The number of alkyl halides is 3. The maximum absolute atomic E-state index is 13.2. The molecule has 0 radical (unpaired) electrons. The van der Waals surface area contributed by atoms with Crippen molar-refractivity contribution in [1.29, 1.82) is 0 Å². The number of hydrogen-bond donors (Lipinski definition) is 0. The van der Waals surface area contributed by atoms with Crippen molar-refractivity contribution in [3.05, 3.63) is 60.4 Å². The molecule has 3 aromatic rings. The Balaban J connectivity index is 2.02. The molecule has 1 unspecified atom stereocenters. The quantitative estimate of drug-likeness (QED) is 0.418. The van der Waals surface area contributed by atoms with E-state index in [1.165, 1.54) is 12.4 Å². The van der Waals surface area contributed by atoms with Crippen LogP contribution in [0.3, 0.4) is 0 Å². The van der Waals surface area contributed by atoms with Crippen LogP contribution in [0.5, 0.6) is 0 Å². The molecule has 1 atom stereocenters. The average molecular weight is 422 g/mol. The highest BCUT2D eigenvalue weighted by atomic mass is 32.2. The van der Waals surface area contributed by atoms with Crippen molar-refractivity contribution >= 4 is 17.7 Å². The van der Waals surface area contributed by atoms with E-state index in [0.29, 0.717) is 11.1 Å². The average Bonchev–Trinajstić information content (AvgIpc) is 3.08. The molecule has 6 nitrogen and oxygen atoms in total. The van der Waals surface area contributed by atoms with Gasteiger partial charge in [-0.05, 0) is 24.6 Å². The largest absolute Gasteiger partial charge is 0.465 e. The van der Waals surface area contributed by atoms with Gasteiger partial charge in [0.05, 0.1) is 6.61 Å². The van der Waals surface area contributed by atoms with E-state index in [2.05, 4.69) is 15.2 Å². The second-order valence-electron chi connectivity index (χ2n) is 5.90. The van der Waals surface area contributed by atoms with E-state index in [1.54, 1.807) is 49.4 Å². The molecule has 10 heteroatoms. The highest BCUT2D eigenvalue weighted by molar-refractivity contribution is 8.00. The van der Waals surface area contributed by atoms with Gasteiger partial charge in [0.15, 0.2) is 11.0 Å². The Bertz CT molecular complexity index is 949. The molecule has 0 spiro atoms. The number of carbonyl (C=O) groups excluding carboxylic acids is 1. The normalized spacial score (nSPS) is 12.6. The number of rotatable bonds is 7. The number of benzene rings is 1. The van der Waals surface area contributed by atoms with Gasteiger partial charge in [0.25, 0.3) is 0 Å². The fourth-order valence-corrected chi connectivity index (χ4v) is 3.65. The molecular formula is C19H17F3N4O2S. The molecule has 2 aromatic heterocycles.